The van der Waals surface area contributed by atoms with Crippen LogP contribution < -0.4 is 0 Å². The van der Waals surface area contributed by atoms with E-state index in [1.165, 1.54) is 148 Å². The number of rotatable bonds is 8. The zero-order valence-electron chi connectivity index (χ0n) is 29.9. The number of hydrogen-bond acceptors (Lipinski definition) is 3. The number of ether oxygens (including phenoxy) is 1. The molecule has 6 aliphatic carbocycles. The molecule has 3 heteroatoms. The van der Waals surface area contributed by atoms with E-state index in [-0.39, 0.29) is 12.1 Å². The fraction of sp³-hybridized carbons (Fsp3) is 0.929. The summed E-state index contributed by atoms with van der Waals surface area (Å²) >= 11 is 0. The summed E-state index contributed by atoms with van der Waals surface area (Å²) < 4.78 is 5.83. The van der Waals surface area contributed by atoms with Gasteiger partial charge in [-0.25, -0.2) is 4.79 Å². The van der Waals surface area contributed by atoms with E-state index in [0.717, 1.165) is 66.5 Å². The third-order valence-corrected chi connectivity index (χ3v) is 15.1. The number of nitrogens with zero attached hydrogens (tertiary/aromatic N) is 1. The minimum absolute atomic E-state index is 0.116. The van der Waals surface area contributed by atoms with Gasteiger partial charge in [-0.05, 0) is 176 Å². The van der Waals surface area contributed by atoms with Gasteiger partial charge in [0.05, 0.1) is 0 Å². The first-order valence-electron chi connectivity index (χ1n) is 20.5. The van der Waals surface area contributed by atoms with E-state index in [4.69, 9.17) is 4.74 Å². The molecule has 0 aliphatic heterocycles. The van der Waals surface area contributed by atoms with E-state index in [0.29, 0.717) is 11.0 Å². The van der Waals surface area contributed by atoms with Crippen molar-refractivity contribution < 1.29 is 9.53 Å². The molecule has 6 rings (SSSR count). The molecule has 0 N–H and O–H groups in total. The highest BCUT2D eigenvalue weighted by Crippen LogP contribution is 2.57. The first-order chi connectivity index (χ1) is 21.8. The van der Waals surface area contributed by atoms with Crippen molar-refractivity contribution in [3.8, 4) is 0 Å². The molecule has 256 valence electrons. The average molecular weight is 622 g/mol. The lowest BCUT2D eigenvalue weighted by molar-refractivity contribution is -0.147. The van der Waals surface area contributed by atoms with Crippen LogP contribution in [0, 0.1) is 40.9 Å². The molecule has 6 fully saturated rings. The Kier molecular flexibility index (Phi) is 11.8. The number of carbonyl (C=O) groups is 1. The van der Waals surface area contributed by atoms with E-state index in [2.05, 4.69) is 25.3 Å². The Bertz CT molecular complexity index is 928. The van der Waals surface area contributed by atoms with E-state index in [1.807, 2.05) is 0 Å². The largest absolute Gasteiger partial charge is 0.459 e. The molecule has 0 aromatic carbocycles. The zero-order chi connectivity index (χ0) is 31.4. The Morgan fingerprint density at radius 2 is 0.978 bits per heavy atom. The summed E-state index contributed by atoms with van der Waals surface area (Å²) in [5, 5.41) is 0. The fourth-order valence-electron chi connectivity index (χ4n) is 12.4. The van der Waals surface area contributed by atoms with E-state index >= 15 is 0 Å². The van der Waals surface area contributed by atoms with Gasteiger partial charge in [0.1, 0.15) is 6.10 Å². The minimum atomic E-state index is -0.182. The van der Waals surface area contributed by atoms with Crippen molar-refractivity contribution in [2.24, 2.45) is 40.9 Å². The van der Waals surface area contributed by atoms with Gasteiger partial charge in [-0.3, -0.25) is 4.90 Å². The normalized spacial score (nSPS) is 41.3. The molecule has 45 heavy (non-hydrogen) atoms. The van der Waals surface area contributed by atoms with Gasteiger partial charge in [-0.2, -0.15) is 0 Å². The minimum Gasteiger partial charge on any atom is -0.459 e. The maximum atomic E-state index is 12.2. The molecular weight excluding hydrogens is 550 g/mol. The van der Waals surface area contributed by atoms with E-state index in [9.17, 15) is 4.79 Å². The molecule has 0 heterocycles. The van der Waals surface area contributed by atoms with Crippen LogP contribution in [0.3, 0.4) is 0 Å². The molecule has 6 aliphatic rings. The van der Waals surface area contributed by atoms with Crippen molar-refractivity contribution in [3.63, 3.8) is 0 Å². The Morgan fingerprint density at radius 1 is 0.578 bits per heavy atom. The highest BCUT2D eigenvalue weighted by molar-refractivity contribution is 5.87. The van der Waals surface area contributed by atoms with Crippen LogP contribution in [0.15, 0.2) is 12.2 Å². The molecule has 0 spiro atoms. The molecule has 0 bridgehead atoms. The summed E-state index contributed by atoms with van der Waals surface area (Å²) in [6.07, 6.45) is 35.8. The van der Waals surface area contributed by atoms with Gasteiger partial charge in [0.25, 0.3) is 0 Å². The maximum Gasteiger partial charge on any atom is 0.333 e. The molecule has 0 aromatic heterocycles. The van der Waals surface area contributed by atoms with Crippen LogP contribution in [0.5, 0.6) is 0 Å². The number of hydrogen-bond donors (Lipinski definition) is 0. The third-order valence-electron chi connectivity index (χ3n) is 15.1. The van der Waals surface area contributed by atoms with Crippen LogP contribution >= 0.6 is 0 Å². The lowest BCUT2D eigenvalue weighted by Crippen LogP contribution is -2.54. The summed E-state index contributed by atoms with van der Waals surface area (Å²) in [7, 11) is 0. The summed E-state index contributed by atoms with van der Waals surface area (Å²) in [6.45, 7) is 10.6. The average Bonchev–Trinajstić information content (AvgIpc) is 3.07. The van der Waals surface area contributed by atoms with Crippen molar-refractivity contribution in [1.29, 1.82) is 0 Å². The number of carbonyl (C=O) groups excluding carboxylic acids is 1. The fourth-order valence-corrected chi connectivity index (χ4v) is 12.4. The molecule has 0 saturated heterocycles. The van der Waals surface area contributed by atoms with Crippen LogP contribution in [-0.4, -0.2) is 35.1 Å². The van der Waals surface area contributed by atoms with Crippen molar-refractivity contribution in [2.45, 2.75) is 206 Å². The summed E-state index contributed by atoms with van der Waals surface area (Å²) in [6, 6.07) is 2.57. The van der Waals surface area contributed by atoms with Crippen LogP contribution in [0.1, 0.15) is 181 Å². The second-order valence-corrected chi connectivity index (χ2v) is 17.9. The quantitative estimate of drug-likeness (QED) is 0.199. The van der Waals surface area contributed by atoms with Crippen molar-refractivity contribution in [3.05, 3.63) is 12.2 Å². The molecule has 0 unspecified atom stereocenters. The van der Waals surface area contributed by atoms with Gasteiger partial charge < -0.3 is 4.74 Å². The second kappa shape index (κ2) is 15.6. The molecule has 6 saturated carbocycles. The molecule has 0 atom stereocenters. The van der Waals surface area contributed by atoms with Gasteiger partial charge in [-0.1, -0.05) is 52.5 Å². The first kappa shape index (κ1) is 34.0. The third kappa shape index (κ3) is 8.08. The monoisotopic (exact) mass is 622 g/mol. The Balaban J connectivity index is 1.08. The Hall–Kier alpha value is -0.830. The summed E-state index contributed by atoms with van der Waals surface area (Å²) in [4.78, 5) is 15.4. The second-order valence-electron chi connectivity index (χ2n) is 17.9. The van der Waals surface area contributed by atoms with Crippen molar-refractivity contribution in [1.82, 2.24) is 4.90 Å². The van der Waals surface area contributed by atoms with Crippen LogP contribution in [0.4, 0.5) is 0 Å². The topological polar surface area (TPSA) is 29.5 Å². The number of esters is 1. The lowest BCUT2D eigenvalue weighted by atomic mass is 9.53. The van der Waals surface area contributed by atoms with Gasteiger partial charge in [0.15, 0.2) is 0 Å². The Labute approximate surface area is 278 Å². The predicted octanol–water partition coefficient (Wildman–Crippen LogP) is 11.4. The predicted molar refractivity (Wildman–Crippen MR) is 188 cm³/mol. The van der Waals surface area contributed by atoms with Gasteiger partial charge >= 0.3 is 5.97 Å². The van der Waals surface area contributed by atoms with Crippen LogP contribution in [0.2, 0.25) is 0 Å². The smallest absolute Gasteiger partial charge is 0.333 e. The van der Waals surface area contributed by atoms with Crippen molar-refractivity contribution in [2.75, 3.05) is 0 Å². The highest BCUT2D eigenvalue weighted by Gasteiger charge is 2.49. The summed E-state index contributed by atoms with van der Waals surface area (Å²) in [5.41, 5.74) is 1.11. The van der Waals surface area contributed by atoms with E-state index < -0.39 is 0 Å². The standard InChI is InChI=1S/C42H71NO2/c1-30(2)41(44)45-40-26-18-36(19-27-40)42(28-6-5-7-29-42)35-16-24-39(25-17-35)43(37-20-10-32(4)11-21-37)38-22-14-34(15-23-38)33-12-8-31(3)9-13-33/h31-40H,1,5-29H2,2-4H3. The molecule has 3 nitrogen and oxygen atoms in total. The van der Waals surface area contributed by atoms with Gasteiger partial charge in [0, 0.05) is 23.7 Å². The maximum absolute atomic E-state index is 12.2. The SMILES string of the molecule is C=C(C)C(=O)OC1CCC(C2(C3CCC(N(C4CCC(C)CC4)C4CCC(C5CCC(C)CC5)CC4)CC3)CCCCC2)CC1. The first-order valence-corrected chi connectivity index (χ1v) is 20.5. The molecule has 0 amide bonds. The van der Waals surface area contributed by atoms with Gasteiger partial charge in [0.2, 0.25) is 0 Å². The molecule has 0 aromatic rings. The van der Waals surface area contributed by atoms with Crippen LogP contribution in [-0.2, 0) is 9.53 Å². The van der Waals surface area contributed by atoms with Gasteiger partial charge in [-0.15, -0.1) is 0 Å². The van der Waals surface area contributed by atoms with E-state index in [1.54, 1.807) is 6.92 Å². The highest BCUT2D eigenvalue weighted by atomic mass is 16.5. The lowest BCUT2D eigenvalue weighted by Gasteiger charge is -2.55. The van der Waals surface area contributed by atoms with Crippen molar-refractivity contribution >= 4 is 5.97 Å². The Morgan fingerprint density at radius 3 is 1.47 bits per heavy atom. The zero-order valence-corrected chi connectivity index (χ0v) is 29.9. The molecular formula is C42H71NO2. The molecule has 0 radical (unpaired) electrons. The summed E-state index contributed by atoms with van der Waals surface area (Å²) in [5.74, 6) is 5.57. The van der Waals surface area contributed by atoms with Crippen LogP contribution in [0.25, 0.3) is 0 Å².